The molecule has 10 heteroatoms. The van der Waals surface area contributed by atoms with E-state index in [9.17, 15) is 14.9 Å². The number of nitrogens with zero attached hydrogens (tertiary/aromatic N) is 6. The maximum Gasteiger partial charge on any atom is 0.243 e. The van der Waals surface area contributed by atoms with Gasteiger partial charge in [-0.3, -0.25) is 14.3 Å². The Bertz CT molecular complexity index is 1350. The number of hydrogen-bond donors (Lipinski definition) is 1. The number of amides is 2. The van der Waals surface area contributed by atoms with Crippen LogP contribution in [-0.2, 0) is 9.59 Å². The van der Waals surface area contributed by atoms with Crippen LogP contribution < -0.4 is 10.1 Å². The third-order valence-electron chi connectivity index (χ3n) is 7.61. The van der Waals surface area contributed by atoms with Crippen molar-refractivity contribution in [3.05, 3.63) is 49.1 Å². The molecule has 0 spiro atoms. The summed E-state index contributed by atoms with van der Waals surface area (Å²) in [4.78, 5) is 26.7. The summed E-state index contributed by atoms with van der Waals surface area (Å²) >= 11 is 0. The number of nitriles is 1. The first-order valence-electron chi connectivity index (χ1n) is 12.7. The lowest BCUT2D eigenvalue weighted by Crippen LogP contribution is -2.45. The molecule has 0 unspecified atom stereocenters. The number of piperidine rings is 1. The molecule has 0 bridgehead atoms. The quantitative estimate of drug-likeness (QED) is 0.519. The summed E-state index contributed by atoms with van der Waals surface area (Å²) in [5.74, 6) is 0.721. The number of hydrogen-bond acceptors (Lipinski definition) is 6. The summed E-state index contributed by atoms with van der Waals surface area (Å²) in [6.45, 7) is 4.94. The van der Waals surface area contributed by atoms with Gasteiger partial charge in [-0.25, -0.2) is 4.52 Å². The lowest BCUT2D eigenvalue weighted by atomic mass is 9.84. The van der Waals surface area contributed by atoms with Gasteiger partial charge in [-0.15, -0.1) is 0 Å². The second kappa shape index (κ2) is 10.5. The van der Waals surface area contributed by atoms with Crippen LogP contribution in [0.4, 0.5) is 0 Å². The van der Waals surface area contributed by atoms with Crippen LogP contribution in [0.1, 0.15) is 50.1 Å². The zero-order chi connectivity index (χ0) is 25.9. The number of aromatic nitrogens is 4. The highest BCUT2D eigenvalue weighted by molar-refractivity contribution is 5.87. The molecular formula is C27H31N7O3. The molecule has 1 aliphatic heterocycles. The first-order chi connectivity index (χ1) is 18.0. The molecule has 1 saturated carbocycles. The van der Waals surface area contributed by atoms with Gasteiger partial charge in [0.15, 0.2) is 0 Å². The van der Waals surface area contributed by atoms with Gasteiger partial charge < -0.3 is 15.0 Å². The highest BCUT2D eigenvalue weighted by Crippen LogP contribution is 2.32. The molecule has 0 atom stereocenters. The summed E-state index contributed by atoms with van der Waals surface area (Å²) < 4.78 is 9.18. The molecule has 0 radical (unpaired) electrons. The maximum atomic E-state index is 13.1. The first kappa shape index (κ1) is 24.6. The van der Waals surface area contributed by atoms with Crippen LogP contribution in [0.5, 0.6) is 5.75 Å². The Balaban J connectivity index is 1.19. The topological polar surface area (TPSA) is 118 Å². The van der Waals surface area contributed by atoms with Gasteiger partial charge in [0.05, 0.1) is 25.5 Å². The van der Waals surface area contributed by atoms with E-state index >= 15 is 0 Å². The maximum absolute atomic E-state index is 13.1. The zero-order valence-electron chi connectivity index (χ0n) is 21.0. The number of carbonyl (C=O) groups is 2. The van der Waals surface area contributed by atoms with E-state index in [-0.39, 0.29) is 29.8 Å². The fourth-order valence-corrected chi connectivity index (χ4v) is 5.52. The van der Waals surface area contributed by atoms with E-state index in [0.29, 0.717) is 16.8 Å². The number of methoxy groups -OCH3 is 1. The second-order valence-corrected chi connectivity index (χ2v) is 9.79. The number of rotatable bonds is 6. The third-order valence-corrected chi connectivity index (χ3v) is 7.61. The normalized spacial score (nSPS) is 20.4. The molecule has 2 amide bonds. The van der Waals surface area contributed by atoms with Gasteiger partial charge in [0.2, 0.25) is 11.8 Å². The Morgan fingerprint density at radius 1 is 1.11 bits per heavy atom. The third kappa shape index (κ3) is 4.94. The van der Waals surface area contributed by atoms with Crippen molar-refractivity contribution in [1.29, 1.82) is 5.26 Å². The average molecular weight is 502 g/mol. The van der Waals surface area contributed by atoms with Crippen LogP contribution in [0.15, 0.2) is 43.5 Å². The largest absolute Gasteiger partial charge is 0.494 e. The van der Waals surface area contributed by atoms with E-state index in [2.05, 4.69) is 28.2 Å². The summed E-state index contributed by atoms with van der Waals surface area (Å²) in [5, 5.41) is 21.2. The fraction of sp³-hybridized carbons (Fsp3) is 0.444. The van der Waals surface area contributed by atoms with Crippen LogP contribution >= 0.6 is 0 Å². The molecule has 0 aromatic carbocycles. The standard InChI is InChI=1S/C27H31N7O3/c1-3-25(35)31-22-6-4-18(5-7-22)27(36)32-10-8-23(9-11-32)33-17-21(15-29-33)19-12-24(37-2)26-20(13-28)14-30-34(26)16-19/h3,12,14-18,22-23H,1,4-11H2,2H3,(H,31,35)/t18-,22+. The summed E-state index contributed by atoms with van der Waals surface area (Å²) in [7, 11) is 1.58. The predicted octanol–water partition coefficient (Wildman–Crippen LogP) is 3.10. The number of fused-ring (bicyclic) bond motifs is 1. The van der Waals surface area contributed by atoms with Gasteiger partial charge in [-0.2, -0.15) is 15.5 Å². The Labute approximate surface area is 215 Å². The number of nitrogens with one attached hydrogen (secondary N) is 1. The van der Waals surface area contributed by atoms with E-state index in [1.54, 1.807) is 11.6 Å². The van der Waals surface area contributed by atoms with Crippen LogP contribution in [-0.4, -0.2) is 62.3 Å². The van der Waals surface area contributed by atoms with Gasteiger partial charge in [0, 0.05) is 48.6 Å². The zero-order valence-corrected chi connectivity index (χ0v) is 21.0. The highest BCUT2D eigenvalue weighted by Gasteiger charge is 2.32. The van der Waals surface area contributed by atoms with Crippen molar-refractivity contribution in [2.24, 2.45) is 5.92 Å². The summed E-state index contributed by atoms with van der Waals surface area (Å²) in [5.41, 5.74) is 2.95. The SMILES string of the molecule is C=CC(=O)N[C@H]1CC[C@@H](C(=O)N2CCC(n3cc(-c4cc(OC)c5c(C#N)cnn5c4)cn3)CC2)CC1. The smallest absolute Gasteiger partial charge is 0.243 e. The van der Waals surface area contributed by atoms with Gasteiger partial charge in [-0.05, 0) is 50.7 Å². The number of likely N-dealkylation sites (tertiary alicyclic amines) is 1. The van der Waals surface area contributed by atoms with Crippen LogP contribution in [0.25, 0.3) is 16.6 Å². The van der Waals surface area contributed by atoms with Gasteiger partial charge in [0.25, 0.3) is 0 Å². The molecule has 37 heavy (non-hydrogen) atoms. The molecule has 1 N–H and O–H groups in total. The molecule has 2 aliphatic rings. The van der Waals surface area contributed by atoms with Crippen LogP contribution in [0.2, 0.25) is 0 Å². The molecular weight excluding hydrogens is 470 g/mol. The van der Waals surface area contributed by atoms with E-state index in [4.69, 9.17) is 4.74 Å². The molecule has 5 rings (SSSR count). The molecule has 1 aliphatic carbocycles. The van der Waals surface area contributed by atoms with Crippen LogP contribution in [0, 0.1) is 17.2 Å². The van der Waals surface area contributed by atoms with E-state index < -0.39 is 0 Å². The number of carbonyl (C=O) groups excluding carboxylic acids is 2. The van der Waals surface area contributed by atoms with E-state index in [0.717, 1.165) is 62.7 Å². The van der Waals surface area contributed by atoms with Crippen molar-refractivity contribution in [1.82, 2.24) is 29.6 Å². The molecule has 10 nitrogen and oxygen atoms in total. The van der Waals surface area contributed by atoms with Crippen molar-refractivity contribution in [3.63, 3.8) is 0 Å². The first-order valence-corrected chi connectivity index (χ1v) is 12.7. The molecule has 192 valence electrons. The highest BCUT2D eigenvalue weighted by atomic mass is 16.5. The number of pyridine rings is 1. The van der Waals surface area contributed by atoms with Gasteiger partial charge in [-0.1, -0.05) is 6.58 Å². The number of ether oxygens (including phenoxy) is 1. The fourth-order valence-electron chi connectivity index (χ4n) is 5.52. The predicted molar refractivity (Wildman–Crippen MR) is 137 cm³/mol. The van der Waals surface area contributed by atoms with E-state index in [1.807, 2.05) is 34.2 Å². The minimum Gasteiger partial charge on any atom is -0.494 e. The van der Waals surface area contributed by atoms with Crippen molar-refractivity contribution in [2.75, 3.05) is 20.2 Å². The summed E-state index contributed by atoms with van der Waals surface area (Å²) in [6.07, 6.45) is 13.5. The Kier molecular flexibility index (Phi) is 6.95. The molecule has 3 aromatic rings. The molecule has 3 aromatic heterocycles. The van der Waals surface area contributed by atoms with E-state index in [1.165, 1.54) is 12.3 Å². The minimum absolute atomic E-state index is 0.0403. The Morgan fingerprint density at radius 2 is 1.86 bits per heavy atom. The van der Waals surface area contributed by atoms with Gasteiger partial charge >= 0.3 is 0 Å². The van der Waals surface area contributed by atoms with Crippen molar-refractivity contribution in [3.8, 4) is 22.9 Å². The molecule has 2 fully saturated rings. The lowest BCUT2D eigenvalue weighted by Gasteiger charge is -2.36. The van der Waals surface area contributed by atoms with Crippen molar-refractivity contribution in [2.45, 2.75) is 50.6 Å². The van der Waals surface area contributed by atoms with Gasteiger partial charge in [0.1, 0.15) is 22.9 Å². The summed E-state index contributed by atoms with van der Waals surface area (Å²) in [6, 6.07) is 4.41. The lowest BCUT2D eigenvalue weighted by molar-refractivity contribution is -0.138. The van der Waals surface area contributed by atoms with Crippen molar-refractivity contribution >= 4 is 17.3 Å². The Morgan fingerprint density at radius 3 is 2.54 bits per heavy atom. The van der Waals surface area contributed by atoms with Crippen molar-refractivity contribution < 1.29 is 14.3 Å². The monoisotopic (exact) mass is 501 g/mol. The second-order valence-electron chi connectivity index (χ2n) is 9.79. The molecule has 1 saturated heterocycles. The minimum atomic E-state index is -0.146. The Hall–Kier alpha value is -4.13. The average Bonchev–Trinajstić information content (AvgIpc) is 3.60. The molecule has 4 heterocycles. The van der Waals surface area contributed by atoms with Crippen LogP contribution in [0.3, 0.4) is 0 Å².